The predicted octanol–water partition coefficient (Wildman–Crippen LogP) is 1.79. The minimum absolute atomic E-state index is 0.0503. The Balaban J connectivity index is 2.05. The molecule has 4 heteroatoms. The Kier molecular flexibility index (Phi) is 5.37. The van der Waals surface area contributed by atoms with E-state index in [0.717, 1.165) is 24.9 Å². The first-order valence-corrected chi connectivity index (χ1v) is 7.83. The summed E-state index contributed by atoms with van der Waals surface area (Å²) >= 11 is 0. The maximum Gasteiger partial charge on any atom is 0.228 e. The molecular formula is C17H26N2O2. The lowest BCUT2D eigenvalue weighted by Crippen LogP contribution is -2.44. The lowest BCUT2D eigenvalue weighted by Gasteiger charge is -2.31. The molecule has 4 nitrogen and oxygen atoms in total. The van der Waals surface area contributed by atoms with E-state index in [1.807, 2.05) is 18.2 Å². The summed E-state index contributed by atoms with van der Waals surface area (Å²) in [6.45, 7) is 6.26. The molecular weight excluding hydrogens is 264 g/mol. The Morgan fingerprint density at radius 1 is 1.38 bits per heavy atom. The third-order valence-corrected chi connectivity index (χ3v) is 4.88. The quantitative estimate of drug-likeness (QED) is 0.748. The second kappa shape index (κ2) is 7.05. The Labute approximate surface area is 126 Å². The summed E-state index contributed by atoms with van der Waals surface area (Å²) in [4.78, 5) is 12.5. The number of carbonyl (C=O) groups excluding carboxylic acids is 1. The number of aliphatic hydroxyl groups excluding tert-OH is 1. The first-order valence-electron chi connectivity index (χ1n) is 7.83. The normalized spacial score (nSPS) is 18.1. The van der Waals surface area contributed by atoms with Crippen LogP contribution in [0.5, 0.6) is 0 Å². The molecule has 0 radical (unpaired) electrons. The van der Waals surface area contributed by atoms with E-state index in [9.17, 15) is 9.90 Å². The molecule has 21 heavy (non-hydrogen) atoms. The van der Waals surface area contributed by atoms with Crippen LogP contribution in [0.4, 0.5) is 0 Å². The van der Waals surface area contributed by atoms with Crippen molar-refractivity contribution in [1.82, 2.24) is 10.6 Å². The molecule has 1 unspecified atom stereocenters. The third-order valence-electron chi connectivity index (χ3n) is 4.88. The number of hydrogen-bond acceptors (Lipinski definition) is 3. The summed E-state index contributed by atoms with van der Waals surface area (Å²) in [6, 6.07) is 8.10. The van der Waals surface area contributed by atoms with Crippen LogP contribution < -0.4 is 10.6 Å². The molecule has 1 heterocycles. The molecule has 0 saturated heterocycles. The molecule has 1 aromatic rings. The zero-order chi connectivity index (χ0) is 15.3. The minimum Gasteiger partial charge on any atom is -0.396 e. The Morgan fingerprint density at radius 2 is 2.10 bits per heavy atom. The van der Waals surface area contributed by atoms with Crippen LogP contribution in [0.2, 0.25) is 0 Å². The fourth-order valence-corrected chi connectivity index (χ4v) is 2.91. The predicted molar refractivity (Wildman–Crippen MR) is 84.0 cm³/mol. The van der Waals surface area contributed by atoms with E-state index >= 15 is 0 Å². The number of rotatable bonds is 6. The van der Waals surface area contributed by atoms with Crippen LogP contribution in [0.15, 0.2) is 24.3 Å². The number of benzene rings is 1. The van der Waals surface area contributed by atoms with Crippen LogP contribution in [0, 0.1) is 5.41 Å². The summed E-state index contributed by atoms with van der Waals surface area (Å²) in [5.41, 5.74) is 2.12. The molecule has 1 aliphatic rings. The van der Waals surface area contributed by atoms with Crippen molar-refractivity contribution in [3.63, 3.8) is 0 Å². The Hall–Kier alpha value is -1.39. The second-order valence-electron chi connectivity index (χ2n) is 5.97. The van der Waals surface area contributed by atoms with Crippen molar-refractivity contribution in [3.8, 4) is 0 Å². The number of fused-ring (bicyclic) bond motifs is 1. The van der Waals surface area contributed by atoms with E-state index in [2.05, 4.69) is 30.5 Å². The van der Waals surface area contributed by atoms with Gasteiger partial charge in [-0.05, 0) is 24.0 Å². The van der Waals surface area contributed by atoms with Crippen molar-refractivity contribution >= 4 is 5.91 Å². The first kappa shape index (κ1) is 16.0. The van der Waals surface area contributed by atoms with Crippen molar-refractivity contribution in [2.45, 2.75) is 39.2 Å². The highest BCUT2D eigenvalue weighted by atomic mass is 16.3. The van der Waals surface area contributed by atoms with Crippen molar-refractivity contribution in [2.24, 2.45) is 5.41 Å². The van der Waals surface area contributed by atoms with Gasteiger partial charge in [0.15, 0.2) is 0 Å². The topological polar surface area (TPSA) is 61.4 Å². The molecule has 0 bridgehead atoms. The van der Waals surface area contributed by atoms with Crippen LogP contribution in [0.25, 0.3) is 0 Å². The standard InChI is InChI=1S/C17H26N2O2/c1-3-17(4-2,12-20)11-19-16(21)15-10-18-9-13-7-5-6-8-14(13)15/h5-8,15,18,20H,3-4,9-12H2,1-2H3,(H,19,21). The molecule has 0 spiro atoms. The number of amides is 1. The van der Waals surface area contributed by atoms with Gasteiger partial charge in [0.05, 0.1) is 12.5 Å². The third kappa shape index (κ3) is 3.44. The second-order valence-corrected chi connectivity index (χ2v) is 5.97. The highest BCUT2D eigenvalue weighted by Gasteiger charge is 2.30. The van der Waals surface area contributed by atoms with Gasteiger partial charge in [-0.3, -0.25) is 4.79 Å². The van der Waals surface area contributed by atoms with Gasteiger partial charge < -0.3 is 15.7 Å². The van der Waals surface area contributed by atoms with Crippen LogP contribution >= 0.6 is 0 Å². The van der Waals surface area contributed by atoms with E-state index in [1.165, 1.54) is 5.56 Å². The molecule has 0 aromatic heterocycles. The summed E-state index contributed by atoms with van der Waals surface area (Å²) in [7, 11) is 0. The highest BCUT2D eigenvalue weighted by Crippen LogP contribution is 2.26. The van der Waals surface area contributed by atoms with Gasteiger partial charge in [-0.1, -0.05) is 38.1 Å². The van der Waals surface area contributed by atoms with Crippen LogP contribution in [-0.2, 0) is 11.3 Å². The lowest BCUT2D eigenvalue weighted by atomic mass is 9.82. The first-order chi connectivity index (χ1) is 10.2. The SMILES string of the molecule is CCC(CC)(CO)CNC(=O)C1CNCc2ccccc21. The Bertz CT molecular complexity index is 475. The minimum atomic E-state index is -0.197. The number of nitrogens with one attached hydrogen (secondary N) is 2. The van der Waals surface area contributed by atoms with E-state index in [1.54, 1.807) is 0 Å². The molecule has 0 fully saturated rings. The van der Waals surface area contributed by atoms with Crippen LogP contribution in [-0.4, -0.2) is 30.7 Å². The molecule has 116 valence electrons. The van der Waals surface area contributed by atoms with Crippen LogP contribution in [0.1, 0.15) is 43.7 Å². The van der Waals surface area contributed by atoms with Gasteiger partial charge in [-0.25, -0.2) is 0 Å². The largest absolute Gasteiger partial charge is 0.396 e. The zero-order valence-electron chi connectivity index (χ0n) is 13.0. The van der Waals surface area contributed by atoms with Gasteiger partial charge in [0.1, 0.15) is 0 Å². The van der Waals surface area contributed by atoms with Gasteiger partial charge in [0.2, 0.25) is 5.91 Å². The maximum absolute atomic E-state index is 12.5. The molecule has 1 amide bonds. The fourth-order valence-electron chi connectivity index (χ4n) is 2.91. The summed E-state index contributed by atoms with van der Waals surface area (Å²) in [5, 5.41) is 15.9. The molecule has 1 atom stereocenters. The van der Waals surface area contributed by atoms with Crippen molar-refractivity contribution in [2.75, 3.05) is 19.7 Å². The molecule has 0 saturated carbocycles. The summed E-state index contributed by atoms with van der Waals surface area (Å²) in [5.74, 6) is -0.0885. The molecule has 3 N–H and O–H groups in total. The summed E-state index contributed by atoms with van der Waals surface area (Å²) in [6.07, 6.45) is 1.72. The molecule has 1 aliphatic heterocycles. The monoisotopic (exact) mass is 290 g/mol. The maximum atomic E-state index is 12.5. The lowest BCUT2D eigenvalue weighted by molar-refractivity contribution is -0.123. The van der Waals surface area contributed by atoms with Crippen molar-refractivity contribution in [3.05, 3.63) is 35.4 Å². The number of hydrogen-bond donors (Lipinski definition) is 3. The van der Waals surface area contributed by atoms with Crippen LogP contribution in [0.3, 0.4) is 0 Å². The number of carbonyl (C=O) groups is 1. The van der Waals surface area contributed by atoms with Gasteiger partial charge in [0.25, 0.3) is 0 Å². The highest BCUT2D eigenvalue weighted by molar-refractivity contribution is 5.84. The molecule has 1 aromatic carbocycles. The molecule has 0 aliphatic carbocycles. The van der Waals surface area contributed by atoms with E-state index in [4.69, 9.17) is 0 Å². The van der Waals surface area contributed by atoms with Gasteiger partial charge in [-0.15, -0.1) is 0 Å². The van der Waals surface area contributed by atoms with Crippen molar-refractivity contribution < 1.29 is 9.90 Å². The van der Waals surface area contributed by atoms with E-state index in [-0.39, 0.29) is 23.8 Å². The average molecular weight is 290 g/mol. The fraction of sp³-hybridized carbons (Fsp3) is 0.588. The van der Waals surface area contributed by atoms with Gasteiger partial charge in [-0.2, -0.15) is 0 Å². The van der Waals surface area contributed by atoms with Gasteiger partial charge >= 0.3 is 0 Å². The van der Waals surface area contributed by atoms with E-state index in [0.29, 0.717) is 13.1 Å². The zero-order valence-corrected chi connectivity index (χ0v) is 13.0. The van der Waals surface area contributed by atoms with Gasteiger partial charge in [0, 0.05) is 25.0 Å². The van der Waals surface area contributed by atoms with E-state index < -0.39 is 0 Å². The Morgan fingerprint density at radius 3 is 2.76 bits per heavy atom. The molecule has 2 rings (SSSR count). The summed E-state index contributed by atoms with van der Waals surface area (Å²) < 4.78 is 0. The average Bonchev–Trinajstić information content (AvgIpc) is 2.56. The van der Waals surface area contributed by atoms with Crippen molar-refractivity contribution in [1.29, 1.82) is 0 Å². The smallest absolute Gasteiger partial charge is 0.228 e. The number of aliphatic hydroxyl groups is 1.